The van der Waals surface area contributed by atoms with Gasteiger partial charge in [-0.05, 0) is 30.5 Å². The first kappa shape index (κ1) is 13.0. The van der Waals surface area contributed by atoms with Crippen molar-refractivity contribution >= 4 is 0 Å². The predicted octanol–water partition coefficient (Wildman–Crippen LogP) is 3.81. The lowest BCUT2D eigenvalue weighted by atomic mass is 9.98. The van der Waals surface area contributed by atoms with Gasteiger partial charge < -0.3 is 5.73 Å². The van der Waals surface area contributed by atoms with Crippen LogP contribution in [0.2, 0.25) is 0 Å². The van der Waals surface area contributed by atoms with Crippen LogP contribution in [0.3, 0.4) is 0 Å². The molecule has 0 aliphatic heterocycles. The third kappa shape index (κ3) is 2.98. The second kappa shape index (κ2) is 4.87. The Morgan fingerprint density at radius 1 is 1.31 bits per heavy atom. The zero-order valence-corrected chi connectivity index (χ0v) is 9.43. The molecule has 1 nitrogen and oxygen atoms in total. The Balaban J connectivity index is 3.07. The third-order valence-corrected chi connectivity index (χ3v) is 2.59. The van der Waals surface area contributed by atoms with E-state index in [-0.39, 0.29) is 11.6 Å². The van der Waals surface area contributed by atoms with Gasteiger partial charge in [-0.15, -0.1) is 0 Å². The summed E-state index contributed by atoms with van der Waals surface area (Å²) in [5.41, 5.74) is 6.01. The van der Waals surface area contributed by atoms with Crippen LogP contribution in [0.25, 0.3) is 0 Å². The zero-order chi connectivity index (χ0) is 12.3. The topological polar surface area (TPSA) is 26.0 Å². The number of benzene rings is 1. The van der Waals surface area contributed by atoms with E-state index in [0.717, 1.165) is 12.5 Å². The van der Waals surface area contributed by atoms with Gasteiger partial charge in [0.05, 0.1) is 5.56 Å². The SMILES string of the molecule is CCC[C@@H](N)c1ccc(C)c(C(F)(F)F)c1. The van der Waals surface area contributed by atoms with Crippen molar-refractivity contribution in [1.82, 2.24) is 0 Å². The van der Waals surface area contributed by atoms with Gasteiger partial charge in [-0.2, -0.15) is 13.2 Å². The van der Waals surface area contributed by atoms with Gasteiger partial charge in [0.2, 0.25) is 0 Å². The Hall–Kier alpha value is -1.03. The molecule has 90 valence electrons. The van der Waals surface area contributed by atoms with Crippen molar-refractivity contribution in [1.29, 1.82) is 0 Å². The molecule has 0 bridgehead atoms. The number of aryl methyl sites for hydroxylation is 1. The molecule has 0 spiro atoms. The van der Waals surface area contributed by atoms with E-state index in [1.807, 2.05) is 6.92 Å². The van der Waals surface area contributed by atoms with E-state index in [9.17, 15) is 13.2 Å². The quantitative estimate of drug-likeness (QED) is 0.841. The van der Waals surface area contributed by atoms with Crippen LogP contribution in [0.4, 0.5) is 13.2 Å². The molecule has 2 N–H and O–H groups in total. The van der Waals surface area contributed by atoms with Crippen LogP contribution in [0.15, 0.2) is 18.2 Å². The number of rotatable bonds is 3. The number of halogens is 3. The van der Waals surface area contributed by atoms with E-state index in [0.29, 0.717) is 12.0 Å². The number of nitrogens with two attached hydrogens (primary N) is 1. The molecule has 0 aromatic heterocycles. The van der Waals surface area contributed by atoms with E-state index < -0.39 is 11.7 Å². The first-order valence-electron chi connectivity index (χ1n) is 5.29. The molecule has 1 aromatic carbocycles. The summed E-state index contributed by atoms with van der Waals surface area (Å²) in [6, 6.07) is 4.00. The highest BCUT2D eigenvalue weighted by molar-refractivity contribution is 5.34. The minimum Gasteiger partial charge on any atom is -0.324 e. The number of alkyl halides is 3. The number of hydrogen-bond acceptors (Lipinski definition) is 1. The van der Waals surface area contributed by atoms with Gasteiger partial charge in [-0.1, -0.05) is 25.5 Å². The highest BCUT2D eigenvalue weighted by Gasteiger charge is 2.32. The summed E-state index contributed by atoms with van der Waals surface area (Å²) >= 11 is 0. The molecule has 0 aliphatic carbocycles. The minimum absolute atomic E-state index is 0.236. The molecular formula is C12H16F3N. The summed E-state index contributed by atoms with van der Waals surface area (Å²) in [6.07, 6.45) is -2.75. The van der Waals surface area contributed by atoms with Gasteiger partial charge >= 0.3 is 6.18 Å². The Morgan fingerprint density at radius 2 is 1.94 bits per heavy atom. The molecule has 4 heteroatoms. The molecule has 16 heavy (non-hydrogen) atoms. The van der Waals surface area contributed by atoms with Crippen LogP contribution < -0.4 is 5.73 Å². The van der Waals surface area contributed by atoms with Crippen LogP contribution >= 0.6 is 0 Å². The number of hydrogen-bond donors (Lipinski definition) is 1. The fraction of sp³-hybridized carbons (Fsp3) is 0.500. The van der Waals surface area contributed by atoms with E-state index >= 15 is 0 Å². The van der Waals surface area contributed by atoms with Gasteiger partial charge in [-0.3, -0.25) is 0 Å². The predicted molar refractivity (Wildman–Crippen MR) is 58.0 cm³/mol. The molecule has 1 rings (SSSR count). The summed E-state index contributed by atoms with van der Waals surface area (Å²) in [6.45, 7) is 3.41. The second-order valence-electron chi connectivity index (χ2n) is 3.97. The molecule has 0 heterocycles. The zero-order valence-electron chi connectivity index (χ0n) is 9.43. The normalized spacial score (nSPS) is 13.9. The molecule has 0 fully saturated rings. The largest absolute Gasteiger partial charge is 0.416 e. The highest BCUT2D eigenvalue weighted by Crippen LogP contribution is 2.33. The van der Waals surface area contributed by atoms with Crippen molar-refractivity contribution in [3.63, 3.8) is 0 Å². The van der Waals surface area contributed by atoms with Crippen molar-refractivity contribution in [3.8, 4) is 0 Å². The Kier molecular flexibility index (Phi) is 3.97. The van der Waals surface area contributed by atoms with Gasteiger partial charge in [0, 0.05) is 6.04 Å². The molecule has 0 saturated carbocycles. The molecule has 0 unspecified atom stereocenters. The van der Waals surface area contributed by atoms with Gasteiger partial charge in [0.15, 0.2) is 0 Å². The van der Waals surface area contributed by atoms with E-state index in [1.54, 1.807) is 6.07 Å². The summed E-state index contributed by atoms with van der Waals surface area (Å²) in [5.74, 6) is 0. The fourth-order valence-electron chi connectivity index (χ4n) is 1.65. The Labute approximate surface area is 93.5 Å². The van der Waals surface area contributed by atoms with Crippen LogP contribution in [-0.2, 0) is 6.18 Å². The van der Waals surface area contributed by atoms with Gasteiger partial charge in [0.1, 0.15) is 0 Å². The van der Waals surface area contributed by atoms with E-state index in [1.165, 1.54) is 13.0 Å². The summed E-state index contributed by atoms with van der Waals surface area (Å²) < 4.78 is 37.9. The molecule has 0 amide bonds. The van der Waals surface area contributed by atoms with Crippen molar-refractivity contribution < 1.29 is 13.2 Å². The lowest BCUT2D eigenvalue weighted by molar-refractivity contribution is -0.138. The van der Waals surface area contributed by atoms with Crippen LogP contribution in [0, 0.1) is 6.92 Å². The third-order valence-electron chi connectivity index (χ3n) is 2.59. The molecular weight excluding hydrogens is 215 g/mol. The maximum Gasteiger partial charge on any atom is 0.416 e. The summed E-state index contributed by atoms with van der Waals surface area (Å²) in [5, 5.41) is 0. The lowest BCUT2D eigenvalue weighted by Crippen LogP contribution is -2.13. The smallest absolute Gasteiger partial charge is 0.324 e. The van der Waals surface area contributed by atoms with Crippen molar-refractivity contribution in [3.05, 3.63) is 34.9 Å². The van der Waals surface area contributed by atoms with Crippen molar-refractivity contribution in [2.45, 2.75) is 38.9 Å². The van der Waals surface area contributed by atoms with Gasteiger partial charge in [-0.25, -0.2) is 0 Å². The minimum atomic E-state index is -4.30. The second-order valence-corrected chi connectivity index (χ2v) is 3.97. The summed E-state index contributed by atoms with van der Waals surface area (Å²) in [4.78, 5) is 0. The first-order valence-corrected chi connectivity index (χ1v) is 5.29. The van der Waals surface area contributed by atoms with Gasteiger partial charge in [0.25, 0.3) is 0 Å². The van der Waals surface area contributed by atoms with Crippen LogP contribution in [0.1, 0.15) is 42.5 Å². The molecule has 0 radical (unpaired) electrons. The highest BCUT2D eigenvalue weighted by atomic mass is 19.4. The maximum absolute atomic E-state index is 12.6. The molecule has 1 aromatic rings. The Bertz CT molecular complexity index is 358. The van der Waals surface area contributed by atoms with E-state index in [4.69, 9.17) is 5.73 Å². The first-order chi connectivity index (χ1) is 7.36. The molecule has 1 atom stereocenters. The molecule has 0 aliphatic rings. The fourth-order valence-corrected chi connectivity index (χ4v) is 1.65. The van der Waals surface area contributed by atoms with Crippen LogP contribution in [-0.4, -0.2) is 0 Å². The van der Waals surface area contributed by atoms with E-state index in [2.05, 4.69) is 0 Å². The summed E-state index contributed by atoms with van der Waals surface area (Å²) in [7, 11) is 0. The lowest BCUT2D eigenvalue weighted by Gasteiger charge is -2.15. The van der Waals surface area contributed by atoms with Crippen LogP contribution in [0.5, 0.6) is 0 Å². The average Bonchev–Trinajstić information content (AvgIpc) is 2.16. The molecule has 0 saturated heterocycles. The standard InChI is InChI=1S/C12H16F3N/c1-3-4-11(16)9-6-5-8(2)10(7-9)12(13,14)15/h5-7,11H,3-4,16H2,1-2H3/t11-/m1/s1. The maximum atomic E-state index is 12.6. The average molecular weight is 231 g/mol. The van der Waals surface area contributed by atoms with Crippen molar-refractivity contribution in [2.24, 2.45) is 5.73 Å². The van der Waals surface area contributed by atoms with Crippen molar-refractivity contribution in [2.75, 3.05) is 0 Å². The monoisotopic (exact) mass is 231 g/mol. The Morgan fingerprint density at radius 3 is 2.44 bits per heavy atom.